The summed E-state index contributed by atoms with van der Waals surface area (Å²) in [6.45, 7) is 1.96. The van der Waals surface area contributed by atoms with E-state index in [1.807, 2.05) is 6.92 Å². The number of benzene rings is 1. The maximum atomic E-state index is 11.7. The molecule has 3 amide bonds. The van der Waals surface area contributed by atoms with Gasteiger partial charge in [-0.15, -0.1) is 12.4 Å². The average molecular weight is 287 g/mol. The number of nitrogens with one attached hydrogen (secondary N) is 2. The van der Waals surface area contributed by atoms with Crippen molar-refractivity contribution in [3.8, 4) is 0 Å². The van der Waals surface area contributed by atoms with Crippen molar-refractivity contribution in [1.82, 2.24) is 0 Å². The van der Waals surface area contributed by atoms with Crippen molar-refractivity contribution in [3.05, 3.63) is 24.3 Å². The van der Waals surface area contributed by atoms with E-state index in [0.29, 0.717) is 17.8 Å². The van der Waals surface area contributed by atoms with E-state index in [-0.39, 0.29) is 18.3 Å². The lowest BCUT2D eigenvalue weighted by Gasteiger charge is -2.12. The second kappa shape index (κ2) is 8.34. The molecule has 6 N–H and O–H groups in total. The molecule has 0 bridgehead atoms. The molecule has 1 aromatic carbocycles. The van der Waals surface area contributed by atoms with Gasteiger partial charge in [-0.3, -0.25) is 4.79 Å². The van der Waals surface area contributed by atoms with Crippen LogP contribution in [0.25, 0.3) is 0 Å². The molecular formula is C12H19ClN4O2. The van der Waals surface area contributed by atoms with Crippen LogP contribution in [0.4, 0.5) is 16.2 Å². The average Bonchev–Trinajstić information content (AvgIpc) is 2.28. The Labute approximate surface area is 118 Å². The monoisotopic (exact) mass is 286 g/mol. The van der Waals surface area contributed by atoms with Gasteiger partial charge in [-0.2, -0.15) is 0 Å². The summed E-state index contributed by atoms with van der Waals surface area (Å²) in [6.07, 6.45) is 1.48. The molecule has 0 saturated carbocycles. The van der Waals surface area contributed by atoms with Crippen LogP contribution in [0.1, 0.15) is 19.8 Å². The highest BCUT2D eigenvalue weighted by Crippen LogP contribution is 2.15. The third kappa shape index (κ3) is 6.08. The van der Waals surface area contributed by atoms with Crippen LogP contribution in [0.15, 0.2) is 24.3 Å². The number of amides is 3. The third-order valence-corrected chi connectivity index (χ3v) is 2.33. The lowest BCUT2D eigenvalue weighted by atomic mass is 10.1. The van der Waals surface area contributed by atoms with Gasteiger partial charge in [0.05, 0.1) is 6.04 Å². The standard InChI is InChI=1S/C12H18N4O2.ClH/c1-2-4-10(13)11(17)15-8-5-3-6-9(7-8)16-12(14)18;/h3,5-7,10H,2,4,13H2,1H3,(H,15,17)(H3,14,16,18);1H. The van der Waals surface area contributed by atoms with E-state index in [9.17, 15) is 9.59 Å². The predicted molar refractivity (Wildman–Crippen MR) is 78.4 cm³/mol. The zero-order valence-electron chi connectivity index (χ0n) is 10.7. The minimum Gasteiger partial charge on any atom is -0.351 e. The molecule has 0 spiro atoms. The lowest BCUT2D eigenvalue weighted by Crippen LogP contribution is -2.35. The fourth-order valence-electron chi connectivity index (χ4n) is 1.49. The molecule has 0 radical (unpaired) electrons. The topological polar surface area (TPSA) is 110 Å². The number of halogens is 1. The first-order valence-corrected chi connectivity index (χ1v) is 5.76. The Bertz CT molecular complexity index is 439. The molecule has 7 heteroatoms. The molecule has 106 valence electrons. The number of anilines is 2. The molecule has 1 unspecified atom stereocenters. The number of carbonyl (C=O) groups excluding carboxylic acids is 2. The lowest BCUT2D eigenvalue weighted by molar-refractivity contribution is -0.117. The van der Waals surface area contributed by atoms with E-state index < -0.39 is 12.1 Å². The van der Waals surface area contributed by atoms with Crippen molar-refractivity contribution in [3.63, 3.8) is 0 Å². The van der Waals surface area contributed by atoms with Crippen LogP contribution in [0.5, 0.6) is 0 Å². The molecular weight excluding hydrogens is 268 g/mol. The smallest absolute Gasteiger partial charge is 0.316 e. The molecule has 0 aliphatic carbocycles. The normalized spacial score (nSPS) is 11.1. The summed E-state index contributed by atoms with van der Waals surface area (Å²) in [7, 11) is 0. The first kappa shape index (κ1) is 17.2. The van der Waals surface area contributed by atoms with Crippen molar-refractivity contribution in [2.75, 3.05) is 10.6 Å². The Hall–Kier alpha value is -1.79. The first-order chi connectivity index (χ1) is 8.52. The van der Waals surface area contributed by atoms with E-state index in [2.05, 4.69) is 10.6 Å². The van der Waals surface area contributed by atoms with Crippen molar-refractivity contribution in [1.29, 1.82) is 0 Å². The molecule has 0 fully saturated rings. The van der Waals surface area contributed by atoms with Gasteiger partial charge in [-0.05, 0) is 24.6 Å². The van der Waals surface area contributed by atoms with Gasteiger partial charge < -0.3 is 22.1 Å². The van der Waals surface area contributed by atoms with Crippen LogP contribution in [-0.2, 0) is 4.79 Å². The van der Waals surface area contributed by atoms with Crippen molar-refractivity contribution >= 4 is 35.7 Å². The van der Waals surface area contributed by atoms with E-state index in [1.54, 1.807) is 24.3 Å². The van der Waals surface area contributed by atoms with Crippen LogP contribution < -0.4 is 22.1 Å². The van der Waals surface area contributed by atoms with Gasteiger partial charge in [-0.25, -0.2) is 4.79 Å². The van der Waals surface area contributed by atoms with Gasteiger partial charge in [0.1, 0.15) is 0 Å². The Morgan fingerprint density at radius 3 is 2.37 bits per heavy atom. The van der Waals surface area contributed by atoms with E-state index in [0.717, 1.165) is 6.42 Å². The molecule has 1 aromatic rings. The molecule has 0 heterocycles. The van der Waals surface area contributed by atoms with Gasteiger partial charge >= 0.3 is 6.03 Å². The summed E-state index contributed by atoms with van der Waals surface area (Å²) in [5.74, 6) is -0.243. The third-order valence-electron chi connectivity index (χ3n) is 2.33. The molecule has 0 saturated heterocycles. The number of urea groups is 1. The largest absolute Gasteiger partial charge is 0.351 e. The number of nitrogens with two attached hydrogens (primary N) is 2. The Balaban J connectivity index is 0.00000324. The van der Waals surface area contributed by atoms with E-state index in [1.165, 1.54) is 0 Å². The number of hydrogen-bond donors (Lipinski definition) is 4. The van der Waals surface area contributed by atoms with E-state index >= 15 is 0 Å². The zero-order valence-corrected chi connectivity index (χ0v) is 11.5. The minimum atomic E-state index is -0.652. The van der Waals surface area contributed by atoms with Crippen molar-refractivity contribution in [2.45, 2.75) is 25.8 Å². The summed E-state index contributed by atoms with van der Waals surface area (Å²) in [4.78, 5) is 22.4. The SMILES string of the molecule is CCCC(N)C(=O)Nc1cccc(NC(N)=O)c1.Cl. The van der Waals surface area contributed by atoms with Gasteiger partial charge in [0, 0.05) is 11.4 Å². The van der Waals surface area contributed by atoms with Crippen molar-refractivity contribution < 1.29 is 9.59 Å². The highest BCUT2D eigenvalue weighted by Gasteiger charge is 2.12. The molecule has 6 nitrogen and oxygen atoms in total. The fourth-order valence-corrected chi connectivity index (χ4v) is 1.49. The van der Waals surface area contributed by atoms with Crippen LogP contribution in [0.2, 0.25) is 0 Å². The van der Waals surface area contributed by atoms with Crippen LogP contribution in [0.3, 0.4) is 0 Å². The van der Waals surface area contributed by atoms with Crippen LogP contribution in [0, 0.1) is 0 Å². The zero-order chi connectivity index (χ0) is 13.5. The number of primary amides is 1. The van der Waals surface area contributed by atoms with Gasteiger partial charge in [0.25, 0.3) is 0 Å². The Morgan fingerprint density at radius 2 is 1.84 bits per heavy atom. The quantitative estimate of drug-likeness (QED) is 0.660. The van der Waals surface area contributed by atoms with Crippen LogP contribution >= 0.6 is 12.4 Å². The summed E-state index contributed by atoms with van der Waals surface area (Å²) < 4.78 is 0. The first-order valence-electron chi connectivity index (χ1n) is 5.76. The summed E-state index contributed by atoms with van der Waals surface area (Å²) >= 11 is 0. The Kier molecular flexibility index (Phi) is 7.55. The molecule has 0 aromatic heterocycles. The molecule has 0 aliphatic heterocycles. The highest BCUT2D eigenvalue weighted by atomic mass is 35.5. The molecule has 1 atom stereocenters. The number of rotatable bonds is 5. The van der Waals surface area contributed by atoms with Crippen molar-refractivity contribution in [2.24, 2.45) is 11.5 Å². The Morgan fingerprint density at radius 1 is 1.26 bits per heavy atom. The number of carbonyl (C=O) groups is 2. The summed E-state index contributed by atoms with van der Waals surface area (Å²) in [5.41, 5.74) is 11.8. The van der Waals surface area contributed by atoms with Gasteiger partial charge in [-0.1, -0.05) is 19.4 Å². The number of hydrogen-bond acceptors (Lipinski definition) is 3. The molecule has 19 heavy (non-hydrogen) atoms. The van der Waals surface area contributed by atoms with Gasteiger partial charge in [0.2, 0.25) is 5.91 Å². The second-order valence-electron chi connectivity index (χ2n) is 3.95. The highest BCUT2D eigenvalue weighted by molar-refractivity contribution is 5.95. The van der Waals surface area contributed by atoms with Gasteiger partial charge in [0.15, 0.2) is 0 Å². The minimum absolute atomic E-state index is 0. The summed E-state index contributed by atoms with van der Waals surface area (Å²) in [6, 6.07) is 5.52. The molecule has 0 aliphatic rings. The molecule has 1 rings (SSSR count). The maximum Gasteiger partial charge on any atom is 0.316 e. The maximum absolute atomic E-state index is 11.7. The fraction of sp³-hybridized carbons (Fsp3) is 0.333. The van der Waals surface area contributed by atoms with E-state index in [4.69, 9.17) is 11.5 Å². The second-order valence-corrected chi connectivity index (χ2v) is 3.95. The predicted octanol–water partition coefficient (Wildman–Crippen LogP) is 1.66. The van der Waals surface area contributed by atoms with Crippen LogP contribution in [-0.4, -0.2) is 18.0 Å². The summed E-state index contributed by atoms with van der Waals surface area (Å²) in [5, 5.41) is 5.11.